The van der Waals surface area contributed by atoms with E-state index in [1.54, 1.807) is 61.5 Å². The lowest BCUT2D eigenvalue weighted by atomic mass is 10.0. The molecule has 0 bridgehead atoms. The van der Waals surface area contributed by atoms with Crippen LogP contribution in [0.3, 0.4) is 0 Å². The van der Waals surface area contributed by atoms with E-state index in [1.165, 1.54) is 54.6 Å². The maximum Gasteiger partial charge on any atom is 0.296 e. The van der Waals surface area contributed by atoms with Crippen molar-refractivity contribution in [2.24, 2.45) is 25.6 Å². The van der Waals surface area contributed by atoms with E-state index in [2.05, 4.69) is 30.3 Å². The standard InChI is InChI=1S/C35H28N8O8S3/c1-21-19-22-20-30(54(48,49)50)34(42-40-25-13-17-29(18-14-25)53(46,47)43-26-9-7-23(38-37)8-10-26)35(44)31(22)32(36)33(21)41-39-24-11-15-27(16-12-24)51-52(45)28-5-3-2-4-6-28/h2-20,37,43-44H,36H2,1H3,(H,48,49,50). The van der Waals surface area contributed by atoms with Crippen LogP contribution in [0.1, 0.15) is 5.56 Å². The van der Waals surface area contributed by atoms with Crippen LogP contribution in [0.4, 0.5) is 39.8 Å². The summed E-state index contributed by atoms with van der Waals surface area (Å²) in [7, 11) is -8.98. The average molecular weight is 785 g/mol. The molecule has 0 aliphatic rings. The predicted molar refractivity (Wildman–Crippen MR) is 201 cm³/mol. The maximum atomic E-state index is 12.9. The van der Waals surface area contributed by atoms with E-state index in [0.717, 1.165) is 6.07 Å². The molecule has 0 aromatic heterocycles. The molecule has 0 aliphatic heterocycles. The van der Waals surface area contributed by atoms with Gasteiger partial charge < -0.3 is 15.0 Å². The quantitative estimate of drug-likeness (QED) is 0.0449. The lowest BCUT2D eigenvalue weighted by Crippen LogP contribution is -2.12. The van der Waals surface area contributed by atoms with E-state index >= 15 is 0 Å². The Kier molecular flexibility index (Phi) is 10.6. The molecule has 6 N–H and O–H groups in total. The Morgan fingerprint density at radius 2 is 1.33 bits per heavy atom. The normalized spacial score (nSPS) is 12.6. The van der Waals surface area contributed by atoms with Gasteiger partial charge in [-0.2, -0.15) is 23.8 Å². The Morgan fingerprint density at radius 1 is 0.759 bits per heavy atom. The number of fused-ring (bicyclic) bond motifs is 1. The number of nitrogen functional groups attached to an aromatic ring is 1. The summed E-state index contributed by atoms with van der Waals surface area (Å²) in [6.07, 6.45) is 0. The first-order chi connectivity index (χ1) is 25.7. The fraction of sp³-hybridized carbons (Fsp3) is 0.0286. The summed E-state index contributed by atoms with van der Waals surface area (Å²) < 4.78 is 81.0. The highest BCUT2D eigenvalue weighted by molar-refractivity contribution is 7.92. The van der Waals surface area contributed by atoms with Crippen LogP contribution in [0.25, 0.3) is 10.8 Å². The minimum atomic E-state index is -4.95. The van der Waals surface area contributed by atoms with Gasteiger partial charge in [0.1, 0.15) is 22.0 Å². The smallest absolute Gasteiger partial charge is 0.296 e. The SMILES string of the molecule is Cc1cc2cc(S(=O)(=O)O)c(N=Nc3ccc(S(=O)(=O)Nc4ccc(N=N)cc4)cc3)c(O)c2c(N)c1N=Nc1ccc(OS(=O)c2ccccc2)cc1. The molecule has 6 aromatic rings. The summed E-state index contributed by atoms with van der Waals surface area (Å²) >= 11 is -1.72. The average Bonchev–Trinajstić information content (AvgIpc) is 3.15. The molecule has 16 nitrogen and oxygen atoms in total. The molecule has 0 saturated carbocycles. The van der Waals surface area contributed by atoms with E-state index in [-0.39, 0.29) is 38.4 Å². The highest BCUT2D eigenvalue weighted by Gasteiger charge is 2.25. The summed E-state index contributed by atoms with van der Waals surface area (Å²) in [5, 5.41) is 31.1. The van der Waals surface area contributed by atoms with Crippen molar-refractivity contribution >= 4 is 81.8 Å². The van der Waals surface area contributed by atoms with Crippen LogP contribution in [-0.4, -0.2) is 30.7 Å². The number of phenols is 1. The second-order valence-electron chi connectivity index (χ2n) is 11.4. The van der Waals surface area contributed by atoms with Crippen molar-refractivity contribution in [2.45, 2.75) is 21.6 Å². The Morgan fingerprint density at radius 3 is 1.93 bits per heavy atom. The van der Waals surface area contributed by atoms with Gasteiger partial charge in [0.25, 0.3) is 20.1 Å². The number of nitrogens with zero attached hydrogens (tertiary/aromatic N) is 5. The third-order valence-electron chi connectivity index (χ3n) is 7.69. The number of phenolic OH excluding ortho intramolecular Hbond substituents is 1. The van der Waals surface area contributed by atoms with Crippen molar-refractivity contribution < 1.29 is 34.9 Å². The number of sulfonamides is 1. The van der Waals surface area contributed by atoms with Crippen LogP contribution < -0.4 is 14.6 Å². The highest BCUT2D eigenvalue weighted by atomic mass is 32.2. The Balaban J connectivity index is 1.27. The fourth-order valence-corrected chi connectivity index (χ4v) is 7.55. The number of nitrogens with one attached hydrogen (secondary N) is 2. The molecule has 0 fully saturated rings. The number of rotatable bonds is 12. The first kappa shape index (κ1) is 37.4. The van der Waals surface area contributed by atoms with Crippen molar-refractivity contribution in [2.75, 3.05) is 10.5 Å². The van der Waals surface area contributed by atoms with Crippen LogP contribution in [-0.2, 0) is 31.2 Å². The molecule has 0 amide bonds. The Labute approximate surface area is 311 Å². The van der Waals surface area contributed by atoms with Crippen LogP contribution >= 0.6 is 0 Å². The number of aromatic hydroxyl groups is 1. The van der Waals surface area contributed by atoms with E-state index in [1.807, 2.05) is 0 Å². The molecular weight excluding hydrogens is 757 g/mol. The van der Waals surface area contributed by atoms with Gasteiger partial charge in [0.2, 0.25) is 11.1 Å². The molecule has 1 unspecified atom stereocenters. The molecule has 0 saturated heterocycles. The van der Waals surface area contributed by atoms with Crippen LogP contribution in [0.5, 0.6) is 11.5 Å². The highest BCUT2D eigenvalue weighted by Crippen LogP contribution is 2.47. The van der Waals surface area contributed by atoms with Gasteiger partial charge in [0.05, 0.1) is 37.9 Å². The number of anilines is 2. The van der Waals surface area contributed by atoms with Crippen molar-refractivity contribution in [3.63, 3.8) is 0 Å². The first-order valence-corrected chi connectivity index (χ1v) is 19.5. The largest absolute Gasteiger partial charge is 0.505 e. The van der Waals surface area contributed by atoms with E-state index < -0.39 is 47.6 Å². The van der Waals surface area contributed by atoms with Gasteiger partial charge in [-0.25, -0.2) is 18.2 Å². The van der Waals surface area contributed by atoms with Gasteiger partial charge in [-0.15, -0.1) is 10.2 Å². The third-order valence-corrected chi connectivity index (χ3v) is 11.0. The predicted octanol–water partition coefficient (Wildman–Crippen LogP) is 9.08. The van der Waals surface area contributed by atoms with Gasteiger partial charge in [0.15, 0.2) is 5.75 Å². The third kappa shape index (κ3) is 8.29. The summed E-state index contributed by atoms with van der Waals surface area (Å²) in [6.45, 7) is 1.64. The summed E-state index contributed by atoms with van der Waals surface area (Å²) in [5.41, 5.74) is 14.4. The second kappa shape index (κ2) is 15.3. The van der Waals surface area contributed by atoms with Gasteiger partial charge in [-0.3, -0.25) is 9.27 Å². The summed E-state index contributed by atoms with van der Waals surface area (Å²) in [5.74, 6) is -0.393. The van der Waals surface area contributed by atoms with Gasteiger partial charge >= 0.3 is 0 Å². The number of hydrogen-bond acceptors (Lipinski definition) is 14. The monoisotopic (exact) mass is 784 g/mol. The molecule has 0 radical (unpaired) electrons. The topological polar surface area (TPSA) is 259 Å². The second-order valence-corrected chi connectivity index (χ2v) is 15.6. The minimum Gasteiger partial charge on any atom is -0.505 e. The molecule has 0 aliphatic carbocycles. The Bertz CT molecular complexity index is 2690. The lowest BCUT2D eigenvalue weighted by Gasteiger charge is -2.13. The van der Waals surface area contributed by atoms with Crippen molar-refractivity contribution in [3.05, 3.63) is 121 Å². The van der Waals surface area contributed by atoms with E-state index in [0.29, 0.717) is 27.6 Å². The molecule has 274 valence electrons. The maximum absolute atomic E-state index is 12.9. The molecule has 54 heavy (non-hydrogen) atoms. The number of nitrogens with two attached hydrogens (primary N) is 1. The zero-order valence-electron chi connectivity index (χ0n) is 27.9. The zero-order valence-corrected chi connectivity index (χ0v) is 30.3. The Hall–Kier alpha value is -6.41. The number of benzene rings is 6. The van der Waals surface area contributed by atoms with Crippen molar-refractivity contribution in [1.29, 1.82) is 5.53 Å². The molecule has 0 heterocycles. The van der Waals surface area contributed by atoms with Crippen LogP contribution in [0.2, 0.25) is 0 Å². The van der Waals surface area contributed by atoms with Gasteiger partial charge in [-0.05, 0) is 115 Å². The van der Waals surface area contributed by atoms with Gasteiger partial charge in [-0.1, -0.05) is 18.2 Å². The summed E-state index contributed by atoms with van der Waals surface area (Å²) in [4.78, 5) is -0.387. The molecule has 0 spiro atoms. The lowest BCUT2D eigenvalue weighted by molar-refractivity contribution is 0.472. The minimum absolute atomic E-state index is 0.0417. The summed E-state index contributed by atoms with van der Waals surface area (Å²) in [6, 6.07) is 28.4. The van der Waals surface area contributed by atoms with Crippen LogP contribution in [0.15, 0.2) is 156 Å². The zero-order chi connectivity index (χ0) is 38.6. The number of aryl methyl sites for hydroxylation is 1. The fourth-order valence-electron chi connectivity index (χ4n) is 5.07. The molecule has 19 heteroatoms. The molecule has 6 aromatic carbocycles. The van der Waals surface area contributed by atoms with Gasteiger partial charge in [0, 0.05) is 5.69 Å². The van der Waals surface area contributed by atoms with E-state index in [4.69, 9.17) is 15.4 Å². The first-order valence-electron chi connectivity index (χ1n) is 15.5. The van der Waals surface area contributed by atoms with Crippen molar-refractivity contribution in [1.82, 2.24) is 0 Å². The van der Waals surface area contributed by atoms with E-state index in [9.17, 15) is 30.7 Å². The molecule has 6 rings (SSSR count). The van der Waals surface area contributed by atoms with Crippen LogP contribution in [0, 0.1) is 12.5 Å². The number of hydrogen-bond donors (Lipinski definition) is 5. The van der Waals surface area contributed by atoms with Crippen molar-refractivity contribution in [3.8, 4) is 11.5 Å². The number of azo groups is 2. The molecule has 1 atom stereocenters. The molecular formula is C35H28N8O8S3.